The van der Waals surface area contributed by atoms with Gasteiger partial charge in [0.1, 0.15) is 11.5 Å². The Hall–Kier alpha value is -2.36. The number of ether oxygens (including phenoxy) is 2. The minimum Gasteiger partial charge on any atom is -0.494 e. The fraction of sp³-hybridized carbons (Fsp3) is 0.667. The van der Waals surface area contributed by atoms with Gasteiger partial charge in [-0.25, -0.2) is 0 Å². The van der Waals surface area contributed by atoms with E-state index in [0.29, 0.717) is 0 Å². The third kappa shape index (κ3) is 12.9. The largest absolute Gasteiger partial charge is 0.494 e. The maximum absolute atomic E-state index is 6.00. The molecule has 1 fully saturated rings. The van der Waals surface area contributed by atoms with Gasteiger partial charge in [0.2, 0.25) is 0 Å². The van der Waals surface area contributed by atoms with E-state index in [1.807, 2.05) is 0 Å². The van der Waals surface area contributed by atoms with Crippen LogP contribution in [0.25, 0.3) is 0 Å². The molecule has 1 aliphatic rings. The molecule has 40 heavy (non-hydrogen) atoms. The zero-order chi connectivity index (χ0) is 28.1. The SMILES string of the molecule is CCCCCCCCCCOc1ccc(N2CCN(c3ccc(OCCCCCCCCCC)cc3)CC2)cc1. The molecule has 4 heteroatoms. The third-order valence-corrected chi connectivity index (χ3v) is 8.22. The number of hydrogen-bond acceptors (Lipinski definition) is 4. The van der Waals surface area contributed by atoms with E-state index >= 15 is 0 Å². The van der Waals surface area contributed by atoms with Crippen LogP contribution in [0, 0.1) is 0 Å². The Morgan fingerprint density at radius 1 is 0.425 bits per heavy atom. The number of rotatable bonds is 22. The summed E-state index contributed by atoms with van der Waals surface area (Å²) in [6.07, 6.45) is 21.3. The molecule has 3 rings (SSSR count). The van der Waals surface area contributed by atoms with Crippen LogP contribution in [0.5, 0.6) is 11.5 Å². The highest BCUT2D eigenvalue weighted by Gasteiger charge is 2.17. The summed E-state index contributed by atoms with van der Waals surface area (Å²) in [4.78, 5) is 4.97. The molecule has 4 nitrogen and oxygen atoms in total. The van der Waals surface area contributed by atoms with Crippen LogP contribution in [0.4, 0.5) is 11.4 Å². The lowest BCUT2D eigenvalue weighted by atomic mass is 10.1. The van der Waals surface area contributed by atoms with E-state index in [9.17, 15) is 0 Å². The van der Waals surface area contributed by atoms with E-state index in [1.54, 1.807) is 0 Å². The molecule has 0 saturated carbocycles. The summed E-state index contributed by atoms with van der Waals surface area (Å²) in [5, 5.41) is 0. The van der Waals surface area contributed by atoms with Crippen molar-refractivity contribution in [2.45, 2.75) is 117 Å². The van der Waals surface area contributed by atoms with Gasteiger partial charge in [0.25, 0.3) is 0 Å². The summed E-state index contributed by atoms with van der Waals surface area (Å²) in [5.74, 6) is 1.99. The number of benzene rings is 2. The van der Waals surface area contributed by atoms with Gasteiger partial charge in [-0.05, 0) is 61.4 Å². The molecule has 0 aliphatic carbocycles. The highest BCUT2D eigenvalue weighted by atomic mass is 16.5. The molecule has 0 radical (unpaired) electrons. The lowest BCUT2D eigenvalue weighted by Crippen LogP contribution is -2.46. The summed E-state index contributed by atoms with van der Waals surface area (Å²) in [6.45, 7) is 10.4. The summed E-state index contributed by atoms with van der Waals surface area (Å²) in [6, 6.07) is 17.4. The molecule has 224 valence electrons. The van der Waals surface area contributed by atoms with Gasteiger partial charge in [-0.3, -0.25) is 0 Å². The molecule has 0 amide bonds. The Morgan fingerprint density at radius 2 is 0.725 bits per heavy atom. The fourth-order valence-electron chi connectivity index (χ4n) is 5.58. The molecule has 0 aromatic heterocycles. The maximum atomic E-state index is 6.00. The van der Waals surface area contributed by atoms with Gasteiger partial charge in [0, 0.05) is 37.6 Å². The zero-order valence-electron chi connectivity index (χ0n) is 25.9. The van der Waals surface area contributed by atoms with Crippen LogP contribution < -0.4 is 19.3 Å². The lowest BCUT2D eigenvalue weighted by Gasteiger charge is -2.37. The molecule has 1 saturated heterocycles. The Kier molecular flexibility index (Phi) is 16.5. The maximum Gasteiger partial charge on any atom is 0.119 e. The van der Waals surface area contributed by atoms with Crippen molar-refractivity contribution in [3.63, 3.8) is 0 Å². The second-order valence-electron chi connectivity index (χ2n) is 11.6. The number of nitrogens with zero attached hydrogens (tertiary/aromatic N) is 2. The first kappa shape index (κ1) is 32.2. The minimum absolute atomic E-state index is 0.829. The average Bonchev–Trinajstić information content (AvgIpc) is 3.00. The van der Waals surface area contributed by atoms with Gasteiger partial charge in [0.15, 0.2) is 0 Å². The monoisotopic (exact) mass is 550 g/mol. The van der Waals surface area contributed by atoms with Gasteiger partial charge in [-0.1, -0.05) is 104 Å². The van der Waals surface area contributed by atoms with E-state index in [0.717, 1.165) is 63.7 Å². The summed E-state index contributed by atoms with van der Waals surface area (Å²) in [7, 11) is 0. The van der Waals surface area contributed by atoms with Crippen LogP contribution in [0.15, 0.2) is 48.5 Å². The van der Waals surface area contributed by atoms with Crippen molar-refractivity contribution in [2.75, 3.05) is 49.2 Å². The third-order valence-electron chi connectivity index (χ3n) is 8.22. The lowest BCUT2D eigenvalue weighted by molar-refractivity contribution is 0.304. The molecular formula is C36H58N2O2. The predicted octanol–water partition coefficient (Wildman–Crippen LogP) is 10.1. The van der Waals surface area contributed by atoms with Gasteiger partial charge in [0.05, 0.1) is 13.2 Å². The Balaban J connectivity index is 1.26. The van der Waals surface area contributed by atoms with Crippen LogP contribution in [0.2, 0.25) is 0 Å². The minimum atomic E-state index is 0.829. The Morgan fingerprint density at radius 3 is 1.05 bits per heavy atom. The van der Waals surface area contributed by atoms with Crippen LogP contribution in [0.3, 0.4) is 0 Å². The van der Waals surface area contributed by atoms with Crippen molar-refractivity contribution >= 4 is 11.4 Å². The van der Waals surface area contributed by atoms with Crippen LogP contribution in [-0.2, 0) is 0 Å². The molecule has 1 heterocycles. The first-order chi connectivity index (χ1) is 19.8. The topological polar surface area (TPSA) is 24.9 Å². The first-order valence-electron chi connectivity index (χ1n) is 16.8. The van der Waals surface area contributed by atoms with E-state index in [4.69, 9.17) is 9.47 Å². The van der Waals surface area contributed by atoms with Crippen LogP contribution in [-0.4, -0.2) is 39.4 Å². The number of unbranched alkanes of at least 4 members (excludes halogenated alkanes) is 14. The van der Waals surface area contributed by atoms with E-state index in [2.05, 4.69) is 72.2 Å². The van der Waals surface area contributed by atoms with E-state index in [1.165, 1.54) is 101 Å². The van der Waals surface area contributed by atoms with Crippen molar-refractivity contribution in [1.29, 1.82) is 0 Å². The van der Waals surface area contributed by atoms with Gasteiger partial charge >= 0.3 is 0 Å². The Labute approximate surface area is 246 Å². The second kappa shape index (κ2) is 20.5. The normalized spacial score (nSPS) is 13.6. The highest BCUT2D eigenvalue weighted by molar-refractivity contribution is 5.54. The predicted molar refractivity (Wildman–Crippen MR) is 174 cm³/mol. The number of piperazine rings is 1. The van der Waals surface area contributed by atoms with Crippen LogP contribution in [0.1, 0.15) is 117 Å². The molecule has 2 aromatic carbocycles. The average molecular weight is 551 g/mol. The van der Waals surface area contributed by atoms with Gasteiger partial charge < -0.3 is 19.3 Å². The zero-order valence-corrected chi connectivity index (χ0v) is 25.9. The molecule has 0 bridgehead atoms. The quantitative estimate of drug-likeness (QED) is 0.136. The van der Waals surface area contributed by atoms with Crippen molar-refractivity contribution in [3.8, 4) is 11.5 Å². The second-order valence-corrected chi connectivity index (χ2v) is 11.6. The van der Waals surface area contributed by atoms with Crippen molar-refractivity contribution < 1.29 is 9.47 Å². The van der Waals surface area contributed by atoms with Crippen molar-refractivity contribution in [2.24, 2.45) is 0 Å². The standard InChI is InChI=1S/C36H58N2O2/c1-3-5-7-9-11-13-15-17-31-39-35-23-19-33(20-24-35)37-27-29-38(30-28-37)34-21-25-36(26-22-34)40-32-18-16-14-12-10-8-6-4-2/h19-26H,3-18,27-32H2,1-2H3. The van der Waals surface area contributed by atoms with E-state index < -0.39 is 0 Å². The summed E-state index contributed by atoms with van der Waals surface area (Å²) in [5.41, 5.74) is 2.59. The smallest absolute Gasteiger partial charge is 0.119 e. The van der Waals surface area contributed by atoms with Crippen molar-refractivity contribution in [1.82, 2.24) is 0 Å². The summed E-state index contributed by atoms with van der Waals surface area (Å²) < 4.78 is 12.0. The molecule has 1 aliphatic heterocycles. The molecule has 0 N–H and O–H groups in total. The first-order valence-corrected chi connectivity index (χ1v) is 16.8. The molecule has 0 atom stereocenters. The highest BCUT2D eigenvalue weighted by Crippen LogP contribution is 2.25. The van der Waals surface area contributed by atoms with Crippen molar-refractivity contribution in [3.05, 3.63) is 48.5 Å². The molecule has 2 aromatic rings. The molecular weight excluding hydrogens is 492 g/mol. The Bertz CT molecular complexity index is 786. The number of anilines is 2. The van der Waals surface area contributed by atoms with Gasteiger partial charge in [-0.2, -0.15) is 0 Å². The van der Waals surface area contributed by atoms with Gasteiger partial charge in [-0.15, -0.1) is 0 Å². The fourth-order valence-corrected chi connectivity index (χ4v) is 5.58. The molecule has 0 unspecified atom stereocenters. The summed E-state index contributed by atoms with van der Waals surface area (Å²) >= 11 is 0. The molecule has 0 spiro atoms. The van der Waals surface area contributed by atoms with E-state index in [-0.39, 0.29) is 0 Å². The van der Waals surface area contributed by atoms with Crippen LogP contribution >= 0.6 is 0 Å². The number of hydrogen-bond donors (Lipinski definition) is 0.